The van der Waals surface area contributed by atoms with Crippen LogP contribution in [0.4, 0.5) is 0 Å². The highest BCUT2D eigenvalue weighted by Crippen LogP contribution is 2.26. The zero-order chi connectivity index (χ0) is 18.5. The third kappa shape index (κ3) is 5.36. The molecule has 150 valence electrons. The van der Waals surface area contributed by atoms with Gasteiger partial charge < -0.3 is 19.9 Å². The van der Waals surface area contributed by atoms with Crippen LogP contribution in [-0.4, -0.2) is 67.5 Å². The molecule has 2 heterocycles. The lowest BCUT2D eigenvalue weighted by atomic mass is 10.0. The number of benzene rings is 1. The van der Waals surface area contributed by atoms with E-state index in [-0.39, 0.29) is 30.8 Å². The fourth-order valence-corrected chi connectivity index (χ4v) is 3.72. The Kier molecular flexibility index (Phi) is 7.92. The topological polar surface area (TPSA) is 61.9 Å². The Morgan fingerprint density at radius 2 is 1.56 bits per heavy atom. The zero-order valence-corrected chi connectivity index (χ0v) is 17.1. The summed E-state index contributed by atoms with van der Waals surface area (Å²) in [5, 5.41) is 3.26. The zero-order valence-electron chi connectivity index (χ0n) is 16.3. The first kappa shape index (κ1) is 21.5. The van der Waals surface area contributed by atoms with E-state index in [1.54, 1.807) is 0 Å². The Morgan fingerprint density at radius 3 is 2.15 bits per heavy atom. The van der Waals surface area contributed by atoms with Gasteiger partial charge in [0.2, 0.25) is 0 Å². The van der Waals surface area contributed by atoms with Crippen molar-refractivity contribution in [1.82, 2.24) is 15.1 Å². The first-order chi connectivity index (χ1) is 12.6. The molecule has 2 fully saturated rings. The van der Waals surface area contributed by atoms with E-state index in [0.717, 1.165) is 63.2 Å². The number of likely N-dealkylation sites (tertiary alicyclic amines) is 1. The smallest absolute Gasteiger partial charge is 0.260 e. The molecule has 7 heteroatoms. The van der Waals surface area contributed by atoms with Gasteiger partial charge in [-0.2, -0.15) is 0 Å². The van der Waals surface area contributed by atoms with Crippen molar-refractivity contribution in [1.29, 1.82) is 0 Å². The van der Waals surface area contributed by atoms with Crippen LogP contribution in [0, 0.1) is 13.8 Å². The molecule has 2 saturated heterocycles. The van der Waals surface area contributed by atoms with Gasteiger partial charge in [-0.25, -0.2) is 0 Å². The normalized spacial score (nSPS) is 17.3. The average Bonchev–Trinajstić information content (AvgIpc) is 2.67. The van der Waals surface area contributed by atoms with Gasteiger partial charge in [0.25, 0.3) is 11.8 Å². The molecule has 0 aliphatic carbocycles. The molecule has 6 nitrogen and oxygen atoms in total. The lowest BCUT2D eigenvalue weighted by Crippen LogP contribution is -2.46. The van der Waals surface area contributed by atoms with Crippen LogP contribution in [0.5, 0.6) is 5.75 Å². The van der Waals surface area contributed by atoms with Crippen molar-refractivity contribution in [2.45, 2.75) is 33.1 Å². The molecule has 0 radical (unpaired) electrons. The summed E-state index contributed by atoms with van der Waals surface area (Å²) in [5.74, 6) is 0.824. The summed E-state index contributed by atoms with van der Waals surface area (Å²) < 4.78 is 5.84. The fourth-order valence-electron chi connectivity index (χ4n) is 3.72. The summed E-state index contributed by atoms with van der Waals surface area (Å²) in [4.78, 5) is 28.8. The molecule has 1 N–H and O–H groups in total. The van der Waals surface area contributed by atoms with Crippen LogP contribution in [0.1, 0.15) is 40.7 Å². The summed E-state index contributed by atoms with van der Waals surface area (Å²) in [6.45, 7) is 8.74. The largest absolute Gasteiger partial charge is 0.483 e. The Balaban J connectivity index is 0.00000261. The monoisotopic (exact) mass is 395 g/mol. The van der Waals surface area contributed by atoms with E-state index in [4.69, 9.17) is 4.74 Å². The van der Waals surface area contributed by atoms with Crippen LogP contribution >= 0.6 is 12.4 Å². The summed E-state index contributed by atoms with van der Waals surface area (Å²) in [6, 6.07) is 3.75. The van der Waals surface area contributed by atoms with Crippen LogP contribution in [0.15, 0.2) is 12.1 Å². The highest BCUT2D eigenvalue weighted by atomic mass is 35.5. The van der Waals surface area contributed by atoms with Gasteiger partial charge in [0.05, 0.1) is 0 Å². The summed E-state index contributed by atoms with van der Waals surface area (Å²) in [5.41, 5.74) is 2.49. The van der Waals surface area contributed by atoms with Crippen LogP contribution in [0.25, 0.3) is 0 Å². The van der Waals surface area contributed by atoms with Crippen molar-refractivity contribution in [2.75, 3.05) is 45.9 Å². The standard InChI is InChI=1S/C20H29N3O3.ClH/c1-15-12-17(20(25)23-10-6-21-7-11-23)13-16(2)19(15)26-14-18(24)22-8-4-3-5-9-22;/h12-13,21H,3-11,14H2,1-2H3;1H. The number of carbonyl (C=O) groups excluding carboxylic acids is 2. The Hall–Kier alpha value is -1.79. The van der Waals surface area contributed by atoms with E-state index >= 15 is 0 Å². The quantitative estimate of drug-likeness (QED) is 0.848. The minimum absolute atomic E-state index is 0. The molecule has 0 spiro atoms. The Labute approximate surface area is 167 Å². The van der Waals surface area contributed by atoms with Gasteiger partial charge in [0.1, 0.15) is 5.75 Å². The van der Waals surface area contributed by atoms with Gasteiger partial charge in [-0.3, -0.25) is 9.59 Å². The molecule has 0 aromatic heterocycles. The number of carbonyl (C=O) groups is 2. The molecule has 0 atom stereocenters. The van der Waals surface area contributed by atoms with Gasteiger partial charge >= 0.3 is 0 Å². The lowest BCUT2D eigenvalue weighted by molar-refractivity contribution is -0.134. The molecular formula is C20H30ClN3O3. The number of hydrogen-bond acceptors (Lipinski definition) is 4. The molecule has 2 aliphatic rings. The van der Waals surface area contributed by atoms with Gasteiger partial charge in [0, 0.05) is 44.8 Å². The third-order valence-corrected chi connectivity index (χ3v) is 5.16. The van der Waals surface area contributed by atoms with Crippen LogP contribution in [0.3, 0.4) is 0 Å². The minimum atomic E-state index is 0. The van der Waals surface area contributed by atoms with E-state index < -0.39 is 0 Å². The Bertz CT molecular complexity index is 645. The number of amides is 2. The van der Waals surface area contributed by atoms with Crippen molar-refractivity contribution >= 4 is 24.2 Å². The van der Waals surface area contributed by atoms with Gasteiger partial charge in [0.15, 0.2) is 6.61 Å². The SMILES string of the molecule is Cc1cc(C(=O)N2CCNCC2)cc(C)c1OCC(=O)N1CCCCC1.Cl. The second kappa shape index (κ2) is 9.95. The van der Waals surface area contributed by atoms with Crippen molar-refractivity contribution in [2.24, 2.45) is 0 Å². The maximum absolute atomic E-state index is 12.7. The number of aryl methyl sites for hydroxylation is 2. The molecule has 2 aliphatic heterocycles. The molecular weight excluding hydrogens is 366 g/mol. The molecule has 0 saturated carbocycles. The second-order valence-electron chi connectivity index (χ2n) is 7.21. The number of halogens is 1. The second-order valence-corrected chi connectivity index (χ2v) is 7.21. The van der Waals surface area contributed by atoms with Gasteiger partial charge in [-0.1, -0.05) is 0 Å². The number of rotatable bonds is 4. The number of piperidine rings is 1. The van der Waals surface area contributed by atoms with Crippen molar-refractivity contribution in [3.63, 3.8) is 0 Å². The number of piperazine rings is 1. The van der Waals surface area contributed by atoms with Gasteiger partial charge in [-0.05, 0) is 56.4 Å². The van der Waals surface area contributed by atoms with E-state index in [9.17, 15) is 9.59 Å². The maximum Gasteiger partial charge on any atom is 0.260 e. The van der Waals surface area contributed by atoms with E-state index in [1.807, 2.05) is 35.8 Å². The number of nitrogens with zero attached hydrogens (tertiary/aromatic N) is 2. The lowest BCUT2D eigenvalue weighted by Gasteiger charge is -2.28. The average molecular weight is 396 g/mol. The van der Waals surface area contributed by atoms with Crippen molar-refractivity contribution in [3.8, 4) is 5.75 Å². The molecule has 1 aromatic rings. The Morgan fingerprint density at radius 1 is 0.963 bits per heavy atom. The molecule has 1 aromatic carbocycles. The first-order valence-corrected chi connectivity index (χ1v) is 9.58. The highest BCUT2D eigenvalue weighted by Gasteiger charge is 2.21. The summed E-state index contributed by atoms with van der Waals surface area (Å²) >= 11 is 0. The number of ether oxygens (including phenoxy) is 1. The van der Waals surface area contributed by atoms with E-state index in [2.05, 4.69) is 5.32 Å². The van der Waals surface area contributed by atoms with Crippen LogP contribution in [0.2, 0.25) is 0 Å². The molecule has 0 unspecified atom stereocenters. The summed E-state index contributed by atoms with van der Waals surface area (Å²) in [6.07, 6.45) is 3.35. The highest BCUT2D eigenvalue weighted by molar-refractivity contribution is 5.95. The molecule has 0 bridgehead atoms. The predicted molar refractivity (Wildman–Crippen MR) is 108 cm³/mol. The van der Waals surface area contributed by atoms with Crippen LogP contribution < -0.4 is 10.1 Å². The molecule has 3 rings (SSSR count). The van der Waals surface area contributed by atoms with E-state index in [1.165, 1.54) is 6.42 Å². The predicted octanol–water partition coefficient (Wildman–Crippen LogP) is 2.16. The van der Waals surface area contributed by atoms with Gasteiger partial charge in [-0.15, -0.1) is 12.4 Å². The van der Waals surface area contributed by atoms with Crippen molar-refractivity contribution < 1.29 is 14.3 Å². The maximum atomic E-state index is 12.7. The number of hydrogen-bond donors (Lipinski definition) is 1. The fraction of sp³-hybridized carbons (Fsp3) is 0.600. The third-order valence-electron chi connectivity index (χ3n) is 5.16. The minimum Gasteiger partial charge on any atom is -0.483 e. The summed E-state index contributed by atoms with van der Waals surface area (Å²) in [7, 11) is 0. The molecule has 2 amide bonds. The number of nitrogens with one attached hydrogen (secondary N) is 1. The first-order valence-electron chi connectivity index (χ1n) is 9.58. The van der Waals surface area contributed by atoms with Crippen LogP contribution in [-0.2, 0) is 4.79 Å². The van der Waals surface area contributed by atoms with E-state index in [0.29, 0.717) is 11.3 Å². The molecule has 27 heavy (non-hydrogen) atoms. The van der Waals surface area contributed by atoms with Crippen molar-refractivity contribution in [3.05, 3.63) is 28.8 Å².